The first-order chi connectivity index (χ1) is 13.6. The van der Waals surface area contributed by atoms with E-state index in [0.29, 0.717) is 0 Å². The van der Waals surface area contributed by atoms with Gasteiger partial charge in [0.2, 0.25) is 0 Å². The third kappa shape index (κ3) is 32.8. The molecule has 0 amide bonds. The molecule has 0 fully saturated rings. The first kappa shape index (κ1) is 34.7. The monoisotopic (exact) mass is 657 g/mol. The Kier molecular flexibility index (Phi) is 41.9. The van der Waals surface area contributed by atoms with Crippen LogP contribution in [-0.4, -0.2) is 37.0 Å². The predicted octanol–water partition coefficient (Wildman–Crippen LogP) is 10.2. The molecule has 0 aromatic carbocycles. The van der Waals surface area contributed by atoms with Crippen LogP contribution in [0.3, 0.4) is 0 Å². The van der Waals surface area contributed by atoms with Crippen molar-refractivity contribution in [3.63, 3.8) is 0 Å². The third-order valence-corrected chi connectivity index (χ3v) is 11.5. The summed E-state index contributed by atoms with van der Waals surface area (Å²) in [7, 11) is 9.90. The normalized spacial score (nSPS) is 10.6. The molecule has 0 bridgehead atoms. The summed E-state index contributed by atoms with van der Waals surface area (Å²) in [4.78, 5) is 0. The van der Waals surface area contributed by atoms with Crippen molar-refractivity contribution in [2.24, 2.45) is 0 Å². The molecule has 0 radical (unpaired) electrons. The molecule has 0 heterocycles. The zero-order valence-corrected chi connectivity index (χ0v) is 25.9. The molecule has 0 aliphatic rings. The van der Waals surface area contributed by atoms with Crippen LogP contribution < -0.4 is 0 Å². The zero-order chi connectivity index (χ0) is 21.9. The summed E-state index contributed by atoms with van der Waals surface area (Å²) in [5.41, 5.74) is 0. The van der Waals surface area contributed by atoms with Gasteiger partial charge in [0.05, 0.1) is 37.0 Å². The second-order valence-corrected chi connectivity index (χ2v) is 17.1. The van der Waals surface area contributed by atoms with Crippen LogP contribution in [0.15, 0.2) is 0 Å². The minimum absolute atomic E-state index is 0.0675. The second kappa shape index (κ2) is 33.8. The van der Waals surface area contributed by atoms with Crippen molar-refractivity contribution < 1.29 is 16.5 Å². The van der Waals surface area contributed by atoms with E-state index in [0.717, 1.165) is 0 Å². The van der Waals surface area contributed by atoms with Crippen molar-refractivity contribution in [1.29, 1.82) is 0 Å². The fraction of sp³-hybridized carbons (Fsp3) is 1.00. The summed E-state index contributed by atoms with van der Waals surface area (Å²) >= 11 is -0.472. The van der Waals surface area contributed by atoms with Gasteiger partial charge in [-0.05, 0) is 38.5 Å². The maximum atomic E-state index is 4.88. The maximum absolute atomic E-state index is 4.88. The van der Waals surface area contributed by atoms with E-state index in [4.69, 9.17) is 18.8 Å². The number of halogens is 2. The van der Waals surface area contributed by atoms with Gasteiger partial charge in [0, 0.05) is 15.8 Å². The molecule has 0 aromatic heterocycles. The first-order valence-corrected chi connectivity index (χ1v) is 22.0. The van der Waals surface area contributed by atoms with Crippen molar-refractivity contribution in [2.45, 2.75) is 112 Å². The fourth-order valence-electron chi connectivity index (χ4n) is 3.24. The topological polar surface area (TPSA) is 0 Å². The average molecular weight is 659 g/mol. The second-order valence-electron chi connectivity index (χ2n) is 7.81. The van der Waals surface area contributed by atoms with Crippen LogP contribution in [0.4, 0.5) is 0 Å². The Morgan fingerprint density at radius 3 is 0.821 bits per heavy atom. The summed E-state index contributed by atoms with van der Waals surface area (Å²) < 4.78 is 0. The molecule has 0 spiro atoms. The molecule has 178 valence electrons. The Labute approximate surface area is 199 Å². The molecule has 0 aliphatic carbocycles. The molecular formula is C23H54Cl2P2Pt+2. The molecule has 0 rings (SSSR count). The van der Waals surface area contributed by atoms with E-state index < -0.39 is 16.5 Å². The SMILES string of the molecule is CCCC[PH+](CCC)CCCC.CCCC[PH+](CCCC)CCCC.[Cl][Pt][Cl]. The number of hydrogen-bond donors (Lipinski definition) is 0. The predicted molar refractivity (Wildman–Crippen MR) is 142 cm³/mol. The average Bonchev–Trinajstić information content (AvgIpc) is 2.70. The van der Waals surface area contributed by atoms with Crippen LogP contribution in [0.2, 0.25) is 0 Å². The van der Waals surface area contributed by atoms with E-state index >= 15 is 0 Å². The van der Waals surface area contributed by atoms with Gasteiger partial charge in [-0.1, -0.05) is 73.6 Å². The molecule has 0 atom stereocenters. The van der Waals surface area contributed by atoms with E-state index in [1.807, 2.05) is 0 Å². The molecule has 0 unspecified atom stereocenters. The van der Waals surface area contributed by atoms with Crippen molar-refractivity contribution in [1.82, 2.24) is 0 Å². The van der Waals surface area contributed by atoms with Gasteiger partial charge < -0.3 is 0 Å². The fourth-order valence-corrected chi connectivity index (χ4v) is 9.71. The zero-order valence-electron chi connectivity index (χ0n) is 20.1. The van der Waals surface area contributed by atoms with E-state index in [-0.39, 0.29) is 15.8 Å². The quantitative estimate of drug-likeness (QED) is 0.137. The van der Waals surface area contributed by atoms with Crippen LogP contribution in [0.1, 0.15) is 112 Å². The summed E-state index contributed by atoms with van der Waals surface area (Å²) in [6.07, 6.45) is 25.3. The van der Waals surface area contributed by atoms with Gasteiger partial charge in [-0.2, -0.15) is 0 Å². The van der Waals surface area contributed by atoms with Crippen LogP contribution in [0.25, 0.3) is 0 Å². The Hall–Kier alpha value is 2.13. The summed E-state index contributed by atoms with van der Waals surface area (Å²) in [5, 5.41) is 0. The Bertz CT molecular complexity index is 220. The molecule has 0 N–H and O–H groups in total. The van der Waals surface area contributed by atoms with Crippen LogP contribution in [0, 0.1) is 0 Å². The van der Waals surface area contributed by atoms with Crippen molar-refractivity contribution in [2.75, 3.05) is 37.0 Å². The van der Waals surface area contributed by atoms with Gasteiger partial charge in [-0.25, -0.2) is 0 Å². The summed E-state index contributed by atoms with van der Waals surface area (Å²) in [6, 6.07) is 0. The first-order valence-electron chi connectivity index (χ1n) is 12.1. The van der Waals surface area contributed by atoms with Gasteiger partial charge >= 0.3 is 35.3 Å². The number of unbranched alkanes of at least 4 members (excludes halogenated alkanes) is 5. The summed E-state index contributed by atoms with van der Waals surface area (Å²) in [6.45, 7) is 13.9. The van der Waals surface area contributed by atoms with Gasteiger partial charge in [-0.15, -0.1) is 0 Å². The summed E-state index contributed by atoms with van der Waals surface area (Å²) in [5.74, 6) is 0. The Morgan fingerprint density at radius 2 is 0.643 bits per heavy atom. The van der Waals surface area contributed by atoms with E-state index in [1.54, 1.807) is 37.0 Å². The van der Waals surface area contributed by atoms with E-state index in [1.165, 1.54) is 70.6 Å². The van der Waals surface area contributed by atoms with Gasteiger partial charge in [0.25, 0.3) is 0 Å². The van der Waals surface area contributed by atoms with Gasteiger partial charge in [-0.3, -0.25) is 0 Å². The Balaban J connectivity index is -0.000000392. The molecule has 0 saturated carbocycles. The van der Waals surface area contributed by atoms with Gasteiger partial charge in [0.15, 0.2) is 0 Å². The van der Waals surface area contributed by atoms with Crippen LogP contribution in [0.5, 0.6) is 0 Å². The number of rotatable bonds is 17. The molecule has 0 nitrogen and oxygen atoms in total. The molecule has 28 heavy (non-hydrogen) atoms. The van der Waals surface area contributed by atoms with Gasteiger partial charge in [0.1, 0.15) is 0 Å². The molecular weight excluding hydrogens is 604 g/mol. The van der Waals surface area contributed by atoms with E-state index in [2.05, 4.69) is 41.5 Å². The van der Waals surface area contributed by atoms with Crippen LogP contribution >= 0.6 is 34.7 Å². The third-order valence-electron chi connectivity index (χ3n) is 5.02. The van der Waals surface area contributed by atoms with Crippen molar-refractivity contribution in [3.8, 4) is 0 Å². The van der Waals surface area contributed by atoms with Crippen molar-refractivity contribution >= 4 is 34.7 Å². The standard InChI is InChI=1S/C12H27P.C11H25P.2ClH.Pt/c1-4-7-10-13(11-8-5-2)12-9-6-3;1-4-7-10-12(9-6-3)11-8-5-2;;;/h4-12H2,1-3H3;4-11H2,1-3H3;2*1H;/q;;;;+2. The molecule has 0 aliphatic heterocycles. The molecule has 5 heteroatoms. The van der Waals surface area contributed by atoms with Crippen molar-refractivity contribution in [3.05, 3.63) is 0 Å². The number of hydrogen-bond acceptors (Lipinski definition) is 0. The Morgan fingerprint density at radius 1 is 0.429 bits per heavy atom. The minimum atomic E-state index is -0.472. The molecule has 0 aromatic rings. The molecule has 0 saturated heterocycles. The van der Waals surface area contributed by atoms with Crippen LogP contribution in [-0.2, 0) is 16.5 Å². The van der Waals surface area contributed by atoms with E-state index in [9.17, 15) is 0 Å².